The van der Waals surface area contributed by atoms with Crippen LogP contribution in [0.25, 0.3) is 0 Å². The monoisotopic (exact) mass is 428 g/mol. The van der Waals surface area contributed by atoms with Gasteiger partial charge in [-0.1, -0.05) is 54.2 Å². The van der Waals surface area contributed by atoms with E-state index in [1.807, 2.05) is 6.07 Å². The second kappa shape index (κ2) is 10.5. The van der Waals surface area contributed by atoms with E-state index in [2.05, 4.69) is 17.2 Å². The van der Waals surface area contributed by atoms with Gasteiger partial charge in [0.05, 0.1) is 5.56 Å². The van der Waals surface area contributed by atoms with Gasteiger partial charge in [0.2, 0.25) is 0 Å². The van der Waals surface area contributed by atoms with Crippen LogP contribution in [0.15, 0.2) is 36.5 Å². The minimum Gasteiger partial charge on any atom is -0.452 e. The number of halogens is 3. The van der Waals surface area contributed by atoms with E-state index in [1.165, 1.54) is 12.3 Å². The molecule has 2 aromatic rings. The van der Waals surface area contributed by atoms with Crippen molar-refractivity contribution in [3.8, 4) is 0 Å². The second-order valence-electron chi connectivity index (χ2n) is 5.87. The molecule has 144 valence electrons. The predicted molar refractivity (Wildman–Crippen MR) is 107 cm³/mol. The molecule has 27 heavy (non-hydrogen) atoms. The molecule has 8 heteroatoms. The van der Waals surface area contributed by atoms with Crippen LogP contribution in [-0.4, -0.2) is 30.0 Å². The summed E-state index contributed by atoms with van der Waals surface area (Å²) in [5, 5.41) is 3.93. The lowest BCUT2D eigenvalue weighted by molar-refractivity contribution is -0.124. The highest BCUT2D eigenvalue weighted by atomic mass is 35.5. The fourth-order valence-electron chi connectivity index (χ4n) is 2.58. The molecule has 0 saturated carbocycles. The van der Waals surface area contributed by atoms with Crippen LogP contribution in [0.5, 0.6) is 0 Å². The number of carbonyl (C=O) groups is 2. The van der Waals surface area contributed by atoms with E-state index in [9.17, 15) is 9.59 Å². The molecule has 1 unspecified atom stereocenters. The molecule has 1 aromatic carbocycles. The number of ether oxygens (including phenoxy) is 1. The molecule has 0 saturated heterocycles. The summed E-state index contributed by atoms with van der Waals surface area (Å²) in [5.74, 6) is -1.07. The van der Waals surface area contributed by atoms with Crippen molar-refractivity contribution in [1.82, 2.24) is 10.3 Å². The lowest BCUT2D eigenvalue weighted by atomic mass is 9.94. The van der Waals surface area contributed by atoms with Crippen LogP contribution in [-0.2, 0) is 9.53 Å². The van der Waals surface area contributed by atoms with Crippen LogP contribution in [0.3, 0.4) is 0 Å². The van der Waals surface area contributed by atoms with E-state index in [0.29, 0.717) is 16.6 Å². The zero-order valence-corrected chi connectivity index (χ0v) is 16.9. The Morgan fingerprint density at radius 1 is 1.22 bits per heavy atom. The highest BCUT2D eigenvalue weighted by molar-refractivity contribution is 6.35. The van der Waals surface area contributed by atoms with Gasteiger partial charge in [0.25, 0.3) is 5.91 Å². The molecule has 1 aromatic heterocycles. The number of amides is 1. The highest BCUT2D eigenvalue weighted by Crippen LogP contribution is 2.30. The summed E-state index contributed by atoms with van der Waals surface area (Å²) < 4.78 is 4.99. The van der Waals surface area contributed by atoms with Gasteiger partial charge >= 0.3 is 5.97 Å². The Morgan fingerprint density at radius 2 is 2.00 bits per heavy atom. The summed E-state index contributed by atoms with van der Waals surface area (Å²) in [4.78, 5) is 27.8. The van der Waals surface area contributed by atoms with Crippen molar-refractivity contribution in [1.29, 1.82) is 0 Å². The SMILES string of the molecule is CCCC(CNC(=O)COC(=O)c1cccnc1Cl)c1ccc(Cl)cc1Cl. The summed E-state index contributed by atoms with van der Waals surface area (Å²) in [6.45, 7) is 2.02. The number of nitrogens with one attached hydrogen (secondary N) is 1. The molecular formula is C19H19Cl3N2O3. The average Bonchev–Trinajstić information content (AvgIpc) is 2.64. The normalized spacial score (nSPS) is 11.7. The van der Waals surface area contributed by atoms with Crippen molar-refractivity contribution in [2.45, 2.75) is 25.7 Å². The number of hydrogen-bond donors (Lipinski definition) is 1. The number of nitrogens with zero attached hydrogens (tertiary/aromatic N) is 1. The number of aromatic nitrogens is 1. The standard InChI is InChI=1S/C19H19Cl3N2O3/c1-2-4-12(14-7-6-13(20)9-16(14)21)10-24-17(25)11-27-19(26)15-5-3-8-23-18(15)22/h3,5-9,12H,2,4,10-11H2,1H3,(H,24,25). The van der Waals surface area contributed by atoms with Gasteiger partial charge in [-0.15, -0.1) is 0 Å². The van der Waals surface area contributed by atoms with E-state index in [1.54, 1.807) is 18.2 Å². The Hall–Kier alpha value is -1.82. The molecule has 0 fully saturated rings. The maximum absolute atomic E-state index is 12.1. The van der Waals surface area contributed by atoms with Gasteiger partial charge in [-0.05, 0) is 36.2 Å². The second-order valence-corrected chi connectivity index (χ2v) is 7.08. The number of benzene rings is 1. The topological polar surface area (TPSA) is 68.3 Å². The fraction of sp³-hybridized carbons (Fsp3) is 0.316. The smallest absolute Gasteiger partial charge is 0.341 e. The average molecular weight is 430 g/mol. The first-order chi connectivity index (χ1) is 12.9. The lowest BCUT2D eigenvalue weighted by Gasteiger charge is -2.19. The third kappa shape index (κ3) is 6.38. The van der Waals surface area contributed by atoms with Crippen molar-refractivity contribution >= 4 is 46.7 Å². The van der Waals surface area contributed by atoms with Crippen LogP contribution in [0.4, 0.5) is 0 Å². The van der Waals surface area contributed by atoms with Crippen LogP contribution in [0.2, 0.25) is 15.2 Å². The van der Waals surface area contributed by atoms with E-state index in [-0.39, 0.29) is 16.6 Å². The largest absolute Gasteiger partial charge is 0.452 e. The van der Waals surface area contributed by atoms with Gasteiger partial charge in [-0.2, -0.15) is 0 Å². The fourth-order valence-corrected chi connectivity index (χ4v) is 3.34. The molecule has 1 heterocycles. The van der Waals surface area contributed by atoms with Crippen molar-refractivity contribution in [2.75, 3.05) is 13.2 Å². The molecule has 5 nitrogen and oxygen atoms in total. The molecule has 0 bridgehead atoms. The molecule has 1 atom stereocenters. The zero-order chi connectivity index (χ0) is 19.8. The van der Waals surface area contributed by atoms with Crippen LogP contribution >= 0.6 is 34.8 Å². The van der Waals surface area contributed by atoms with Crippen molar-refractivity contribution < 1.29 is 14.3 Å². The first kappa shape index (κ1) is 21.5. The minimum absolute atomic E-state index is 0.0308. The van der Waals surface area contributed by atoms with Crippen molar-refractivity contribution in [2.24, 2.45) is 0 Å². The number of hydrogen-bond acceptors (Lipinski definition) is 4. The van der Waals surface area contributed by atoms with Crippen LogP contribution in [0.1, 0.15) is 41.6 Å². The first-order valence-corrected chi connectivity index (χ1v) is 9.55. The number of pyridine rings is 1. The molecule has 1 N–H and O–H groups in total. The van der Waals surface area contributed by atoms with Crippen molar-refractivity contribution in [3.63, 3.8) is 0 Å². The summed E-state index contributed by atoms with van der Waals surface area (Å²) in [5.41, 5.74) is 1.03. The molecule has 0 aliphatic rings. The summed E-state index contributed by atoms with van der Waals surface area (Å²) in [7, 11) is 0. The van der Waals surface area contributed by atoms with Crippen LogP contribution < -0.4 is 5.32 Å². The lowest BCUT2D eigenvalue weighted by Crippen LogP contribution is -2.32. The third-order valence-corrected chi connectivity index (χ3v) is 4.76. The summed E-state index contributed by atoms with van der Waals surface area (Å²) in [6, 6.07) is 8.36. The summed E-state index contributed by atoms with van der Waals surface area (Å²) >= 11 is 18.0. The molecule has 1 amide bonds. The van der Waals surface area contributed by atoms with Gasteiger partial charge in [-0.3, -0.25) is 4.79 Å². The molecule has 0 aliphatic heterocycles. The summed E-state index contributed by atoms with van der Waals surface area (Å²) in [6.07, 6.45) is 3.22. The maximum Gasteiger partial charge on any atom is 0.341 e. The number of rotatable bonds is 8. The van der Waals surface area contributed by atoms with Gasteiger partial charge in [0.15, 0.2) is 6.61 Å². The Kier molecular flexibility index (Phi) is 8.35. The molecular weight excluding hydrogens is 411 g/mol. The van der Waals surface area contributed by atoms with E-state index in [4.69, 9.17) is 39.5 Å². The third-order valence-electron chi connectivity index (χ3n) is 3.90. The Balaban J connectivity index is 1.90. The number of carbonyl (C=O) groups excluding carboxylic acids is 2. The van der Waals surface area contributed by atoms with E-state index < -0.39 is 18.5 Å². The van der Waals surface area contributed by atoms with Gasteiger partial charge in [-0.25, -0.2) is 9.78 Å². The predicted octanol–water partition coefficient (Wildman–Crippen LogP) is 4.90. The van der Waals surface area contributed by atoms with Crippen molar-refractivity contribution in [3.05, 3.63) is 62.9 Å². The molecule has 0 radical (unpaired) electrons. The van der Waals surface area contributed by atoms with Gasteiger partial charge < -0.3 is 10.1 Å². The first-order valence-electron chi connectivity index (χ1n) is 8.41. The zero-order valence-electron chi connectivity index (χ0n) is 14.7. The Labute approximate surface area is 173 Å². The Bertz CT molecular complexity index is 815. The minimum atomic E-state index is -0.700. The van der Waals surface area contributed by atoms with Crippen LogP contribution in [0, 0.1) is 0 Å². The van der Waals surface area contributed by atoms with E-state index in [0.717, 1.165) is 18.4 Å². The molecule has 2 rings (SSSR count). The van der Waals surface area contributed by atoms with E-state index >= 15 is 0 Å². The molecule has 0 aliphatic carbocycles. The Morgan fingerprint density at radius 3 is 2.67 bits per heavy atom. The quantitative estimate of drug-likeness (QED) is 0.479. The number of esters is 1. The maximum atomic E-state index is 12.1. The van der Waals surface area contributed by atoms with Gasteiger partial charge in [0.1, 0.15) is 5.15 Å². The highest BCUT2D eigenvalue weighted by Gasteiger charge is 2.17. The van der Waals surface area contributed by atoms with Gasteiger partial charge in [0, 0.05) is 28.7 Å². The molecule has 0 spiro atoms.